The zero-order chi connectivity index (χ0) is 22.9. The fourth-order valence-electron chi connectivity index (χ4n) is 3.94. The molecule has 2 aromatic rings. The molecular weight excluding hydrogens is 404 g/mol. The predicted octanol–water partition coefficient (Wildman–Crippen LogP) is 4.16. The van der Waals surface area contributed by atoms with Gasteiger partial charge in [-0.05, 0) is 60.9 Å². The van der Waals surface area contributed by atoms with Gasteiger partial charge in [-0.1, -0.05) is 32.0 Å². The monoisotopic (exact) mass is 438 g/mol. The summed E-state index contributed by atoms with van der Waals surface area (Å²) in [5, 5.41) is 9.63. The van der Waals surface area contributed by atoms with Crippen molar-refractivity contribution in [2.24, 2.45) is 11.8 Å². The standard InChI is InChI=1S/C26H34N2O4/c1-3-20-4-7-23(27-18-20)12-15-32-24-8-5-21(6-9-24)16-22(26(30)31)17-25(29)28-13-10-19(2)11-14-28/h4-9,18-19,22H,3,10-17H2,1-2H3,(H,30,31). The van der Waals surface area contributed by atoms with Gasteiger partial charge in [-0.25, -0.2) is 0 Å². The fourth-order valence-corrected chi connectivity index (χ4v) is 3.94. The van der Waals surface area contributed by atoms with E-state index in [1.165, 1.54) is 5.56 Å². The van der Waals surface area contributed by atoms with Crippen LogP contribution in [0.1, 0.15) is 49.9 Å². The Morgan fingerprint density at radius 3 is 2.41 bits per heavy atom. The minimum atomic E-state index is -0.925. The summed E-state index contributed by atoms with van der Waals surface area (Å²) in [4.78, 5) is 30.6. The molecule has 1 aliphatic rings. The third-order valence-electron chi connectivity index (χ3n) is 6.23. The molecule has 0 radical (unpaired) electrons. The SMILES string of the molecule is CCc1ccc(CCOc2ccc(CC(CC(=O)N3CCC(C)CC3)C(=O)O)cc2)nc1. The van der Waals surface area contributed by atoms with E-state index in [4.69, 9.17) is 4.74 Å². The average molecular weight is 439 g/mol. The Bertz CT molecular complexity index is 872. The number of carboxylic acid groups (broad SMARTS) is 1. The third-order valence-corrected chi connectivity index (χ3v) is 6.23. The molecule has 0 spiro atoms. The van der Waals surface area contributed by atoms with E-state index in [2.05, 4.69) is 24.9 Å². The van der Waals surface area contributed by atoms with Crippen LogP contribution in [0.2, 0.25) is 0 Å². The van der Waals surface area contributed by atoms with Gasteiger partial charge in [-0.2, -0.15) is 0 Å². The van der Waals surface area contributed by atoms with Gasteiger partial charge in [0.1, 0.15) is 5.75 Å². The van der Waals surface area contributed by atoms with Crippen molar-refractivity contribution in [1.29, 1.82) is 0 Å². The van der Waals surface area contributed by atoms with E-state index in [1.54, 1.807) is 0 Å². The Morgan fingerprint density at radius 2 is 1.81 bits per heavy atom. The number of aromatic nitrogens is 1. The van der Waals surface area contributed by atoms with Crippen molar-refractivity contribution >= 4 is 11.9 Å². The number of benzene rings is 1. The van der Waals surface area contributed by atoms with Crippen LogP contribution in [-0.2, 0) is 28.9 Å². The number of aliphatic carboxylic acids is 1. The number of carbonyl (C=O) groups excluding carboxylic acids is 1. The zero-order valence-electron chi connectivity index (χ0n) is 19.1. The predicted molar refractivity (Wildman–Crippen MR) is 124 cm³/mol. The number of pyridine rings is 1. The summed E-state index contributed by atoms with van der Waals surface area (Å²) < 4.78 is 5.81. The summed E-state index contributed by atoms with van der Waals surface area (Å²) in [5.41, 5.74) is 3.11. The number of piperidine rings is 1. The van der Waals surface area contributed by atoms with Gasteiger partial charge in [-0.15, -0.1) is 0 Å². The number of aryl methyl sites for hydroxylation is 1. The van der Waals surface area contributed by atoms with Crippen molar-refractivity contribution in [3.05, 3.63) is 59.4 Å². The van der Waals surface area contributed by atoms with Gasteiger partial charge in [0.15, 0.2) is 0 Å². The van der Waals surface area contributed by atoms with Crippen LogP contribution in [0.15, 0.2) is 42.6 Å². The molecule has 2 heterocycles. The topological polar surface area (TPSA) is 79.7 Å². The highest BCUT2D eigenvalue weighted by atomic mass is 16.5. The molecule has 0 saturated carbocycles. The highest BCUT2D eigenvalue weighted by Crippen LogP contribution is 2.21. The Labute approximate surface area is 190 Å². The van der Waals surface area contributed by atoms with Crippen LogP contribution in [-0.4, -0.2) is 46.6 Å². The van der Waals surface area contributed by atoms with Crippen LogP contribution >= 0.6 is 0 Å². The molecule has 1 amide bonds. The van der Waals surface area contributed by atoms with Gasteiger partial charge >= 0.3 is 5.97 Å². The van der Waals surface area contributed by atoms with E-state index in [0.717, 1.165) is 55.8 Å². The lowest BCUT2D eigenvalue weighted by atomic mass is 9.94. The lowest BCUT2D eigenvalue weighted by molar-refractivity contribution is -0.146. The number of hydrogen-bond acceptors (Lipinski definition) is 4. The first kappa shape index (κ1) is 23.8. The first-order valence-electron chi connectivity index (χ1n) is 11.6. The third kappa shape index (κ3) is 7.08. The number of carbonyl (C=O) groups is 2. The number of carboxylic acids is 1. The first-order chi connectivity index (χ1) is 15.4. The Kier molecular flexibility index (Phi) is 8.65. The quantitative estimate of drug-likeness (QED) is 0.603. The molecule has 1 aliphatic heterocycles. The van der Waals surface area contributed by atoms with Gasteiger partial charge in [-0.3, -0.25) is 14.6 Å². The van der Waals surface area contributed by atoms with Gasteiger partial charge in [0.2, 0.25) is 5.91 Å². The molecule has 1 atom stereocenters. The second kappa shape index (κ2) is 11.7. The molecule has 172 valence electrons. The molecule has 6 heteroatoms. The number of rotatable bonds is 10. The minimum absolute atomic E-state index is 0.0474. The molecule has 1 saturated heterocycles. The molecule has 1 fully saturated rings. The lowest BCUT2D eigenvalue weighted by Crippen LogP contribution is -2.39. The van der Waals surface area contributed by atoms with Crippen LogP contribution in [0.5, 0.6) is 5.75 Å². The van der Waals surface area contributed by atoms with Crippen molar-refractivity contribution in [3.8, 4) is 5.75 Å². The molecule has 6 nitrogen and oxygen atoms in total. The largest absolute Gasteiger partial charge is 0.493 e. The Hall–Kier alpha value is -2.89. The number of hydrogen-bond donors (Lipinski definition) is 1. The summed E-state index contributed by atoms with van der Waals surface area (Å²) in [6, 6.07) is 11.6. The minimum Gasteiger partial charge on any atom is -0.493 e. The second-order valence-electron chi connectivity index (χ2n) is 8.76. The lowest BCUT2D eigenvalue weighted by Gasteiger charge is -2.31. The van der Waals surface area contributed by atoms with Crippen molar-refractivity contribution in [2.75, 3.05) is 19.7 Å². The molecule has 1 aromatic carbocycles. The van der Waals surface area contributed by atoms with E-state index in [-0.39, 0.29) is 12.3 Å². The van der Waals surface area contributed by atoms with E-state index in [0.29, 0.717) is 18.9 Å². The van der Waals surface area contributed by atoms with Crippen molar-refractivity contribution in [1.82, 2.24) is 9.88 Å². The van der Waals surface area contributed by atoms with E-state index >= 15 is 0 Å². The van der Waals surface area contributed by atoms with E-state index in [9.17, 15) is 14.7 Å². The molecule has 0 bridgehead atoms. The molecule has 0 aliphatic carbocycles. The van der Waals surface area contributed by atoms with Crippen molar-refractivity contribution < 1.29 is 19.4 Å². The van der Waals surface area contributed by atoms with Crippen molar-refractivity contribution in [2.45, 2.75) is 52.4 Å². The second-order valence-corrected chi connectivity index (χ2v) is 8.76. The molecular formula is C26H34N2O4. The first-order valence-corrected chi connectivity index (χ1v) is 11.6. The highest BCUT2D eigenvalue weighted by Gasteiger charge is 2.26. The van der Waals surface area contributed by atoms with Crippen LogP contribution in [0.4, 0.5) is 0 Å². The van der Waals surface area contributed by atoms with Gasteiger partial charge < -0.3 is 14.7 Å². The maximum atomic E-state index is 12.6. The molecule has 1 unspecified atom stereocenters. The van der Waals surface area contributed by atoms with Gasteiger partial charge in [0.05, 0.1) is 12.5 Å². The van der Waals surface area contributed by atoms with Crippen LogP contribution in [0.3, 0.4) is 0 Å². The summed E-state index contributed by atoms with van der Waals surface area (Å²) in [6.07, 6.45) is 5.97. The number of amides is 1. The van der Waals surface area contributed by atoms with Gasteiger partial charge in [0, 0.05) is 37.8 Å². The summed E-state index contributed by atoms with van der Waals surface area (Å²) in [5.74, 6) is -0.321. The maximum absolute atomic E-state index is 12.6. The molecule has 32 heavy (non-hydrogen) atoms. The Balaban J connectivity index is 1.47. The number of likely N-dealkylation sites (tertiary alicyclic amines) is 1. The average Bonchev–Trinajstić information content (AvgIpc) is 2.80. The molecule has 1 aromatic heterocycles. The van der Waals surface area contributed by atoms with Crippen LogP contribution in [0.25, 0.3) is 0 Å². The fraction of sp³-hybridized carbons (Fsp3) is 0.500. The number of ether oxygens (including phenoxy) is 1. The maximum Gasteiger partial charge on any atom is 0.307 e. The molecule has 3 rings (SSSR count). The van der Waals surface area contributed by atoms with E-state index in [1.807, 2.05) is 41.4 Å². The highest BCUT2D eigenvalue weighted by molar-refractivity contribution is 5.82. The van der Waals surface area contributed by atoms with Crippen LogP contribution in [0, 0.1) is 11.8 Å². The van der Waals surface area contributed by atoms with Crippen LogP contribution < -0.4 is 4.74 Å². The molecule has 1 N–H and O–H groups in total. The summed E-state index contributed by atoms with van der Waals surface area (Å²) >= 11 is 0. The zero-order valence-corrected chi connectivity index (χ0v) is 19.1. The van der Waals surface area contributed by atoms with Gasteiger partial charge in [0.25, 0.3) is 0 Å². The summed E-state index contributed by atoms with van der Waals surface area (Å²) in [7, 11) is 0. The van der Waals surface area contributed by atoms with Crippen molar-refractivity contribution in [3.63, 3.8) is 0 Å². The number of nitrogens with zero attached hydrogens (tertiary/aromatic N) is 2. The smallest absolute Gasteiger partial charge is 0.307 e. The van der Waals surface area contributed by atoms with E-state index < -0.39 is 11.9 Å². The summed E-state index contributed by atoms with van der Waals surface area (Å²) in [6.45, 7) is 6.29. The Morgan fingerprint density at radius 1 is 1.12 bits per heavy atom. The normalized spacial score (nSPS) is 15.4.